The van der Waals surface area contributed by atoms with Crippen molar-refractivity contribution in [3.05, 3.63) is 0 Å². The second kappa shape index (κ2) is 3.22. The van der Waals surface area contributed by atoms with Crippen LogP contribution in [0.3, 0.4) is 0 Å². The van der Waals surface area contributed by atoms with Gasteiger partial charge in [-0.2, -0.15) is 8.78 Å². The van der Waals surface area contributed by atoms with E-state index in [2.05, 4.69) is 4.74 Å². The van der Waals surface area contributed by atoms with E-state index in [1.807, 2.05) is 0 Å². The van der Waals surface area contributed by atoms with Crippen LogP contribution in [0.15, 0.2) is 0 Å². The summed E-state index contributed by atoms with van der Waals surface area (Å²) in [5, 5.41) is 7.71. The van der Waals surface area contributed by atoms with Crippen molar-refractivity contribution < 1.29 is 32.6 Å². The molecule has 0 aromatic rings. The summed E-state index contributed by atoms with van der Waals surface area (Å²) in [5.74, 6) is -4.38. The fourth-order valence-electron chi connectivity index (χ4n) is 0.207. The maximum atomic E-state index is 11.7. The Balaban J connectivity index is 4.04. The van der Waals surface area contributed by atoms with Gasteiger partial charge < -0.3 is 9.84 Å². The van der Waals surface area contributed by atoms with E-state index in [1.54, 1.807) is 0 Å². The minimum absolute atomic E-state index is 2.19. The highest BCUT2D eigenvalue weighted by molar-refractivity contribution is 6.28. The van der Waals surface area contributed by atoms with Gasteiger partial charge in [-0.25, -0.2) is 14.0 Å². The van der Waals surface area contributed by atoms with Crippen LogP contribution in [0.25, 0.3) is 0 Å². The van der Waals surface area contributed by atoms with Gasteiger partial charge in [0.15, 0.2) is 6.67 Å². The van der Waals surface area contributed by atoms with Crippen LogP contribution in [0.2, 0.25) is 0 Å². The summed E-state index contributed by atoms with van der Waals surface area (Å²) >= 11 is 0. The van der Waals surface area contributed by atoms with Crippen molar-refractivity contribution >= 4 is 11.9 Å². The molecule has 0 amide bonds. The molecule has 0 aliphatic heterocycles. The third-order valence-corrected chi connectivity index (χ3v) is 0.572. The van der Waals surface area contributed by atoms with Gasteiger partial charge in [0, 0.05) is 0 Å². The quantitative estimate of drug-likeness (QED) is 0.476. The fraction of sp³-hybridized carbons (Fsp3) is 0.500. The molecule has 0 aromatic heterocycles. The number of hydrogen-bond donors (Lipinski definition) is 1. The Labute approximate surface area is 58.6 Å². The predicted octanol–water partition coefficient (Wildman–Crippen LogP) is 0.177. The molecule has 0 bridgehead atoms. The molecule has 0 radical (unpaired) electrons. The first-order valence-electron chi connectivity index (χ1n) is 2.29. The van der Waals surface area contributed by atoms with E-state index in [0.717, 1.165) is 0 Å². The number of carbonyl (C=O) groups is 2. The average Bonchev–Trinajstić information content (AvgIpc) is 1.87. The number of alkyl halides is 3. The molecule has 0 aliphatic rings. The average molecular weight is 172 g/mol. The summed E-state index contributed by atoms with van der Waals surface area (Å²) in [4.78, 5) is 19.4. The van der Waals surface area contributed by atoms with Gasteiger partial charge in [0.25, 0.3) is 0 Å². The number of aliphatic carboxylic acids is 1. The fourth-order valence-corrected chi connectivity index (χ4v) is 0.207. The molecule has 0 fully saturated rings. The predicted molar refractivity (Wildman–Crippen MR) is 24.6 cm³/mol. The first kappa shape index (κ1) is 9.73. The van der Waals surface area contributed by atoms with Gasteiger partial charge in [-0.05, 0) is 0 Å². The molecule has 4 nitrogen and oxygen atoms in total. The molecule has 0 spiro atoms. The Morgan fingerprint density at radius 3 is 2.18 bits per heavy atom. The van der Waals surface area contributed by atoms with Gasteiger partial charge in [0.1, 0.15) is 0 Å². The van der Waals surface area contributed by atoms with Crippen molar-refractivity contribution in [1.82, 2.24) is 0 Å². The number of esters is 1. The Morgan fingerprint density at radius 1 is 1.45 bits per heavy atom. The number of carboxylic acid groups (broad SMARTS) is 1. The van der Waals surface area contributed by atoms with Crippen LogP contribution in [0.5, 0.6) is 0 Å². The first-order valence-corrected chi connectivity index (χ1v) is 2.29. The highest BCUT2D eigenvalue weighted by Crippen LogP contribution is 2.15. The maximum Gasteiger partial charge on any atom is 0.429 e. The van der Waals surface area contributed by atoms with Crippen LogP contribution in [0, 0.1) is 0 Å². The number of ether oxygens (including phenoxy) is 1. The molecule has 0 aromatic carbocycles. The van der Waals surface area contributed by atoms with Crippen LogP contribution in [0.4, 0.5) is 13.2 Å². The molecule has 0 atom stereocenters. The van der Waals surface area contributed by atoms with E-state index in [-0.39, 0.29) is 0 Å². The first-order chi connectivity index (χ1) is 4.89. The minimum Gasteiger partial charge on any atom is -0.473 e. The van der Waals surface area contributed by atoms with E-state index in [9.17, 15) is 22.8 Å². The molecule has 1 N–H and O–H groups in total. The molecule has 0 saturated carbocycles. The molecular formula is C4H3F3O4. The zero-order valence-corrected chi connectivity index (χ0v) is 5.01. The number of rotatable bonds is 2. The van der Waals surface area contributed by atoms with Crippen LogP contribution in [-0.2, 0) is 14.3 Å². The van der Waals surface area contributed by atoms with Crippen LogP contribution in [0.1, 0.15) is 0 Å². The smallest absolute Gasteiger partial charge is 0.429 e. The summed E-state index contributed by atoms with van der Waals surface area (Å²) in [6.07, 6.45) is -4.35. The van der Waals surface area contributed by atoms with Gasteiger partial charge in [0.05, 0.1) is 0 Å². The van der Waals surface area contributed by atoms with Gasteiger partial charge >= 0.3 is 18.0 Å². The molecule has 0 heterocycles. The minimum atomic E-state index is -4.35. The molecule has 0 saturated heterocycles. The number of carboxylic acids is 1. The van der Waals surface area contributed by atoms with Crippen molar-refractivity contribution in [1.29, 1.82) is 0 Å². The Morgan fingerprint density at radius 2 is 1.91 bits per heavy atom. The second-order valence-corrected chi connectivity index (χ2v) is 1.47. The lowest BCUT2D eigenvalue weighted by Crippen LogP contribution is -2.30. The monoisotopic (exact) mass is 172 g/mol. The van der Waals surface area contributed by atoms with E-state index < -0.39 is 24.7 Å². The van der Waals surface area contributed by atoms with Crippen molar-refractivity contribution in [2.45, 2.75) is 6.11 Å². The second-order valence-electron chi connectivity index (χ2n) is 1.47. The van der Waals surface area contributed by atoms with Crippen LogP contribution in [-0.4, -0.2) is 29.8 Å². The maximum absolute atomic E-state index is 11.7. The molecular weight excluding hydrogens is 169 g/mol. The van der Waals surface area contributed by atoms with E-state index in [1.165, 1.54) is 0 Å². The van der Waals surface area contributed by atoms with E-state index >= 15 is 0 Å². The molecule has 0 rings (SSSR count). The molecule has 64 valence electrons. The van der Waals surface area contributed by atoms with Crippen LogP contribution >= 0.6 is 0 Å². The summed E-state index contributed by atoms with van der Waals surface area (Å²) in [7, 11) is 0. The zero-order valence-electron chi connectivity index (χ0n) is 5.01. The summed E-state index contributed by atoms with van der Waals surface area (Å²) < 4.78 is 37.4. The van der Waals surface area contributed by atoms with Crippen LogP contribution < -0.4 is 0 Å². The van der Waals surface area contributed by atoms with Gasteiger partial charge in [-0.1, -0.05) is 0 Å². The standard InChI is InChI=1S/C4H3F3O4/c5-1-4(6,7)11-3(10)2(8)9/h1H2,(H,8,9). The SMILES string of the molecule is O=C(O)C(=O)OC(F)(F)CF. The van der Waals surface area contributed by atoms with E-state index in [4.69, 9.17) is 5.11 Å². The Kier molecular flexibility index (Phi) is 2.85. The van der Waals surface area contributed by atoms with Crippen molar-refractivity contribution in [2.24, 2.45) is 0 Å². The number of hydrogen-bond acceptors (Lipinski definition) is 3. The molecule has 0 unspecified atom stereocenters. The van der Waals surface area contributed by atoms with Gasteiger partial charge in [-0.15, -0.1) is 0 Å². The topological polar surface area (TPSA) is 63.6 Å². The lowest BCUT2D eigenvalue weighted by molar-refractivity contribution is -0.239. The Bertz CT molecular complexity index is 178. The lowest BCUT2D eigenvalue weighted by atomic mass is 10.6. The van der Waals surface area contributed by atoms with Gasteiger partial charge in [-0.3, -0.25) is 0 Å². The summed E-state index contributed by atoms with van der Waals surface area (Å²) in [5.41, 5.74) is 0. The molecule has 11 heavy (non-hydrogen) atoms. The molecule has 0 aliphatic carbocycles. The Hall–Kier alpha value is -1.27. The third-order valence-electron chi connectivity index (χ3n) is 0.572. The third kappa shape index (κ3) is 3.43. The van der Waals surface area contributed by atoms with Crippen molar-refractivity contribution in [3.8, 4) is 0 Å². The highest BCUT2D eigenvalue weighted by atomic mass is 19.3. The molecule has 7 heteroatoms. The van der Waals surface area contributed by atoms with Gasteiger partial charge in [0.2, 0.25) is 0 Å². The largest absolute Gasteiger partial charge is 0.473 e. The normalized spacial score (nSPS) is 10.8. The number of halogens is 3. The van der Waals surface area contributed by atoms with E-state index in [0.29, 0.717) is 0 Å². The van der Waals surface area contributed by atoms with Crippen molar-refractivity contribution in [2.75, 3.05) is 6.67 Å². The van der Waals surface area contributed by atoms with Crippen molar-refractivity contribution in [3.63, 3.8) is 0 Å². The lowest BCUT2D eigenvalue weighted by Gasteiger charge is -2.09. The highest BCUT2D eigenvalue weighted by Gasteiger charge is 2.36. The number of carbonyl (C=O) groups excluding carboxylic acids is 1. The summed E-state index contributed by atoms with van der Waals surface area (Å²) in [6, 6.07) is 0. The summed E-state index contributed by atoms with van der Waals surface area (Å²) in [6.45, 7) is -2.24. The zero-order chi connectivity index (χ0) is 9.07.